The smallest absolute Gasteiger partial charge is 0.258 e. The van der Waals surface area contributed by atoms with Crippen LogP contribution in [0.5, 0.6) is 0 Å². The van der Waals surface area contributed by atoms with E-state index < -0.39 is 0 Å². The monoisotopic (exact) mass is 254 g/mol. The first kappa shape index (κ1) is 12.8. The number of nitrogens with two attached hydrogens (primary N) is 1. The fourth-order valence-corrected chi connectivity index (χ4v) is 1.68. The molecule has 2 aromatic rings. The summed E-state index contributed by atoms with van der Waals surface area (Å²) in [5, 5.41) is 2.20. The lowest BCUT2D eigenvalue weighted by Gasteiger charge is -1.90. The van der Waals surface area contributed by atoms with E-state index in [-0.39, 0.29) is 11.8 Å². The van der Waals surface area contributed by atoms with Crippen molar-refractivity contribution in [1.82, 2.24) is 5.32 Å². The molecule has 1 heterocycles. The van der Waals surface area contributed by atoms with E-state index >= 15 is 0 Å². The predicted octanol–water partition coefficient (Wildman–Crippen LogP) is 2.15. The van der Waals surface area contributed by atoms with Crippen LogP contribution in [-0.2, 0) is 0 Å². The first-order valence-electron chi connectivity index (χ1n) is 5.85. The number of rotatable bonds is 0. The van der Waals surface area contributed by atoms with Crippen molar-refractivity contribution in [3.63, 3.8) is 0 Å². The first-order valence-corrected chi connectivity index (χ1v) is 5.85. The molecule has 0 atom stereocenters. The summed E-state index contributed by atoms with van der Waals surface area (Å²) in [5.41, 5.74) is 8.44. The highest BCUT2D eigenvalue weighted by molar-refractivity contribution is 6.21. The van der Waals surface area contributed by atoms with Crippen molar-refractivity contribution in [2.75, 3.05) is 5.73 Å². The molecule has 2 aromatic carbocycles. The van der Waals surface area contributed by atoms with E-state index in [0.29, 0.717) is 11.1 Å². The number of amides is 2. The molecule has 2 amide bonds. The van der Waals surface area contributed by atoms with Crippen LogP contribution < -0.4 is 11.1 Å². The average Bonchev–Trinajstić information content (AvgIpc) is 2.70. The van der Waals surface area contributed by atoms with Crippen molar-refractivity contribution >= 4 is 17.5 Å². The molecule has 4 heteroatoms. The first-order chi connectivity index (χ1) is 9.08. The Morgan fingerprint density at radius 1 is 0.842 bits per heavy atom. The summed E-state index contributed by atoms with van der Waals surface area (Å²) >= 11 is 0. The summed E-state index contributed by atoms with van der Waals surface area (Å²) in [6.45, 7) is 2.04. The normalized spacial score (nSPS) is 12.3. The average molecular weight is 254 g/mol. The third-order valence-electron chi connectivity index (χ3n) is 2.72. The van der Waals surface area contributed by atoms with Crippen LogP contribution in [0, 0.1) is 6.92 Å². The molecular weight excluding hydrogens is 240 g/mol. The molecule has 0 saturated heterocycles. The highest BCUT2D eigenvalue weighted by atomic mass is 16.2. The summed E-state index contributed by atoms with van der Waals surface area (Å²) in [5.74, 6) is -0.601. The van der Waals surface area contributed by atoms with Crippen LogP contribution >= 0.6 is 0 Å². The molecule has 0 bridgehead atoms. The molecule has 96 valence electrons. The van der Waals surface area contributed by atoms with Gasteiger partial charge in [-0.1, -0.05) is 29.8 Å². The van der Waals surface area contributed by atoms with Gasteiger partial charge in [0.1, 0.15) is 0 Å². The Hall–Kier alpha value is -2.62. The molecule has 0 unspecified atom stereocenters. The number of nitrogen functional groups attached to an aromatic ring is 1. The lowest BCUT2D eigenvalue weighted by molar-refractivity contribution is 0.0879. The third kappa shape index (κ3) is 2.98. The van der Waals surface area contributed by atoms with Gasteiger partial charge in [0.25, 0.3) is 11.8 Å². The Morgan fingerprint density at radius 3 is 1.74 bits per heavy atom. The number of hydrogen-bond donors (Lipinski definition) is 2. The van der Waals surface area contributed by atoms with E-state index in [1.54, 1.807) is 24.3 Å². The van der Waals surface area contributed by atoms with Crippen molar-refractivity contribution in [2.45, 2.75) is 6.92 Å². The lowest BCUT2D eigenvalue weighted by Crippen LogP contribution is -2.19. The number of aryl methyl sites for hydroxylation is 1. The van der Waals surface area contributed by atoms with E-state index in [9.17, 15) is 9.59 Å². The van der Waals surface area contributed by atoms with Crippen LogP contribution in [0.4, 0.5) is 5.69 Å². The standard InChI is InChI=1S/C8H5NO2.C7H9N/c10-7-5-3-1-2-4-6(5)8(11)9-7;1-6-2-4-7(8)5-3-6/h1-4H,(H,9,10,11);2-5H,8H2,1H3. The summed E-state index contributed by atoms with van der Waals surface area (Å²) in [7, 11) is 0. The molecule has 0 aliphatic carbocycles. The van der Waals surface area contributed by atoms with Crippen molar-refractivity contribution in [1.29, 1.82) is 0 Å². The van der Waals surface area contributed by atoms with Crippen molar-refractivity contribution in [3.8, 4) is 0 Å². The number of nitrogens with one attached hydrogen (secondary N) is 1. The zero-order valence-electron chi connectivity index (χ0n) is 10.5. The number of imide groups is 1. The zero-order valence-corrected chi connectivity index (χ0v) is 10.5. The highest BCUT2D eigenvalue weighted by Gasteiger charge is 2.25. The van der Waals surface area contributed by atoms with Crippen LogP contribution in [0.2, 0.25) is 0 Å². The minimum Gasteiger partial charge on any atom is -0.399 e. The Balaban J connectivity index is 0.000000148. The molecule has 0 aromatic heterocycles. The molecule has 0 spiro atoms. The van der Waals surface area contributed by atoms with Crippen LogP contribution in [0.15, 0.2) is 48.5 Å². The fourth-order valence-electron chi connectivity index (χ4n) is 1.68. The zero-order chi connectivity index (χ0) is 13.8. The second kappa shape index (κ2) is 5.35. The van der Waals surface area contributed by atoms with Gasteiger partial charge in [-0.05, 0) is 31.2 Å². The molecule has 1 aliphatic rings. The van der Waals surface area contributed by atoms with Crippen LogP contribution in [0.25, 0.3) is 0 Å². The van der Waals surface area contributed by atoms with Crippen LogP contribution in [0.1, 0.15) is 26.3 Å². The number of carbonyl (C=O) groups excluding carboxylic acids is 2. The predicted molar refractivity (Wildman–Crippen MR) is 73.8 cm³/mol. The van der Waals surface area contributed by atoms with Gasteiger partial charge in [-0.3, -0.25) is 14.9 Å². The van der Waals surface area contributed by atoms with Crippen molar-refractivity contribution < 1.29 is 9.59 Å². The van der Waals surface area contributed by atoms with Gasteiger partial charge in [0.2, 0.25) is 0 Å². The molecule has 0 fully saturated rings. The van der Waals surface area contributed by atoms with Crippen LogP contribution in [-0.4, -0.2) is 11.8 Å². The molecular formula is C15H14N2O2. The molecule has 4 nitrogen and oxygen atoms in total. The Morgan fingerprint density at radius 2 is 1.32 bits per heavy atom. The van der Waals surface area contributed by atoms with E-state index in [4.69, 9.17) is 5.73 Å². The van der Waals surface area contributed by atoms with Crippen LogP contribution in [0.3, 0.4) is 0 Å². The molecule has 3 rings (SSSR count). The van der Waals surface area contributed by atoms with Gasteiger partial charge in [-0.15, -0.1) is 0 Å². The van der Waals surface area contributed by atoms with E-state index in [2.05, 4.69) is 5.32 Å². The largest absolute Gasteiger partial charge is 0.399 e. The van der Waals surface area contributed by atoms with Crippen molar-refractivity contribution in [2.24, 2.45) is 0 Å². The molecule has 0 saturated carbocycles. The number of fused-ring (bicyclic) bond motifs is 1. The van der Waals surface area contributed by atoms with E-state index in [1.807, 2.05) is 31.2 Å². The van der Waals surface area contributed by atoms with Crippen molar-refractivity contribution in [3.05, 3.63) is 65.2 Å². The maximum absolute atomic E-state index is 10.9. The van der Waals surface area contributed by atoms with E-state index in [0.717, 1.165) is 5.69 Å². The molecule has 0 radical (unpaired) electrons. The van der Waals surface area contributed by atoms with Gasteiger partial charge in [0, 0.05) is 5.69 Å². The lowest BCUT2D eigenvalue weighted by atomic mass is 10.1. The Bertz CT molecular complexity index is 564. The molecule has 1 aliphatic heterocycles. The van der Waals surface area contributed by atoms with Gasteiger partial charge < -0.3 is 5.73 Å². The topological polar surface area (TPSA) is 72.2 Å². The molecule has 19 heavy (non-hydrogen) atoms. The third-order valence-corrected chi connectivity index (χ3v) is 2.72. The van der Waals surface area contributed by atoms with Gasteiger partial charge in [-0.2, -0.15) is 0 Å². The summed E-state index contributed by atoms with van der Waals surface area (Å²) < 4.78 is 0. The number of benzene rings is 2. The maximum atomic E-state index is 10.9. The quantitative estimate of drug-likeness (QED) is 0.559. The number of hydrogen-bond acceptors (Lipinski definition) is 3. The Kier molecular flexibility index (Phi) is 3.61. The highest BCUT2D eigenvalue weighted by Crippen LogP contribution is 2.13. The number of anilines is 1. The Labute approximate surface area is 111 Å². The number of carbonyl (C=O) groups is 2. The van der Waals surface area contributed by atoms with Gasteiger partial charge >= 0.3 is 0 Å². The fraction of sp³-hybridized carbons (Fsp3) is 0.0667. The van der Waals surface area contributed by atoms with E-state index in [1.165, 1.54) is 5.56 Å². The summed E-state index contributed by atoms with van der Waals surface area (Å²) in [6, 6.07) is 14.5. The summed E-state index contributed by atoms with van der Waals surface area (Å²) in [4.78, 5) is 21.9. The SMILES string of the molecule is Cc1ccc(N)cc1.O=C1NC(=O)c2ccccc21. The second-order valence-corrected chi connectivity index (χ2v) is 4.24. The minimum atomic E-state index is -0.300. The molecule has 3 N–H and O–H groups in total. The van der Waals surface area contributed by atoms with Gasteiger partial charge in [-0.25, -0.2) is 0 Å². The maximum Gasteiger partial charge on any atom is 0.258 e. The second-order valence-electron chi connectivity index (χ2n) is 4.24. The van der Waals surface area contributed by atoms with Gasteiger partial charge in [0.05, 0.1) is 11.1 Å². The minimum absolute atomic E-state index is 0.300. The van der Waals surface area contributed by atoms with Gasteiger partial charge in [0.15, 0.2) is 0 Å². The summed E-state index contributed by atoms with van der Waals surface area (Å²) in [6.07, 6.45) is 0.